The van der Waals surface area contributed by atoms with Crippen molar-refractivity contribution < 1.29 is 18.8 Å². The predicted octanol–water partition coefficient (Wildman–Crippen LogP) is 3.27. The molecule has 6 bridgehead atoms. The van der Waals surface area contributed by atoms with Crippen molar-refractivity contribution in [3.8, 4) is 6.07 Å². The topological polar surface area (TPSA) is 136 Å². The van der Waals surface area contributed by atoms with Crippen molar-refractivity contribution in [1.82, 2.24) is 30.2 Å². The van der Waals surface area contributed by atoms with Crippen LogP contribution in [0.4, 0.5) is 0 Å². The summed E-state index contributed by atoms with van der Waals surface area (Å²) in [6.45, 7) is 4.55. The van der Waals surface area contributed by atoms with Crippen LogP contribution in [0.2, 0.25) is 0 Å². The average Bonchev–Trinajstić information content (AvgIpc) is 3.48. The Balaban J connectivity index is 1.34. The van der Waals surface area contributed by atoms with Crippen LogP contribution in [-0.4, -0.2) is 95.0 Å². The summed E-state index contributed by atoms with van der Waals surface area (Å²) >= 11 is 0. The Hall–Kier alpha value is -4.56. The van der Waals surface area contributed by atoms with Gasteiger partial charge in [0, 0.05) is 50.9 Å². The second kappa shape index (κ2) is 11.6. The maximum Gasteiger partial charge on any atom is 0.253 e. The summed E-state index contributed by atoms with van der Waals surface area (Å²) in [5.41, 5.74) is 4.22. The standard InChI is InChI=1S/C36H41N7O4/c1-20-19-42(5)34(46)25-9-11-29-23(13-25)7-6-22-12-24(33(45)41(3)4)8-10-28(22)36(29,35-40-39-32(20)47-35)16-21(2)38-18-31(44)43-27(17-37)14-26-15-30(26)43/h8-13,20-21,26-27,30,38H,6-7,14-16,18-19H2,1-5H3/t20?,21-,26-,27?,30+,36?/m1/s1. The van der Waals surface area contributed by atoms with Crippen molar-refractivity contribution >= 4 is 17.7 Å². The van der Waals surface area contributed by atoms with Crippen LogP contribution in [0.25, 0.3) is 0 Å². The first-order valence-electron chi connectivity index (χ1n) is 16.5. The van der Waals surface area contributed by atoms with Gasteiger partial charge in [-0.2, -0.15) is 5.26 Å². The molecular weight excluding hydrogens is 594 g/mol. The molecule has 2 aromatic carbocycles. The number of fused-ring (bicyclic) bond motifs is 6. The predicted molar refractivity (Wildman–Crippen MR) is 173 cm³/mol. The van der Waals surface area contributed by atoms with Gasteiger partial charge in [-0.05, 0) is 91.5 Å². The van der Waals surface area contributed by atoms with Crippen molar-refractivity contribution in [3.05, 3.63) is 81.6 Å². The monoisotopic (exact) mass is 635 g/mol. The van der Waals surface area contributed by atoms with Gasteiger partial charge in [-0.3, -0.25) is 14.4 Å². The molecule has 4 heterocycles. The van der Waals surface area contributed by atoms with Crippen LogP contribution in [0.1, 0.15) is 93.8 Å². The SMILES string of the molecule is CC1CN(C)C(=O)c2ccc3c(c2)CCc2cc(C(=O)N(C)C)ccc2C3(C[C@@H](C)NCC(=O)N2C(C#N)C[C@@H]3C[C@@H]32)c2nnc1o2. The van der Waals surface area contributed by atoms with Gasteiger partial charge in [0.05, 0.1) is 18.5 Å². The summed E-state index contributed by atoms with van der Waals surface area (Å²) < 4.78 is 6.61. The number of likely N-dealkylation sites (N-methyl/N-ethyl adjacent to an activating group) is 1. The highest BCUT2D eigenvalue weighted by Crippen LogP contribution is 2.49. The minimum atomic E-state index is -0.932. The lowest BCUT2D eigenvalue weighted by atomic mass is 9.68. The van der Waals surface area contributed by atoms with Crippen molar-refractivity contribution in [3.63, 3.8) is 0 Å². The number of nitriles is 1. The van der Waals surface area contributed by atoms with Crippen LogP contribution < -0.4 is 5.32 Å². The zero-order chi connectivity index (χ0) is 33.2. The van der Waals surface area contributed by atoms with Crippen LogP contribution >= 0.6 is 0 Å². The fraction of sp³-hybridized carbons (Fsp3) is 0.500. The highest BCUT2D eigenvalue weighted by atomic mass is 16.4. The Labute approximate surface area is 274 Å². The third kappa shape index (κ3) is 5.19. The Bertz CT molecular complexity index is 1810. The Morgan fingerprint density at radius 2 is 1.85 bits per heavy atom. The van der Waals surface area contributed by atoms with Crippen molar-refractivity contribution in [2.45, 2.75) is 75.4 Å². The maximum atomic E-state index is 13.6. The van der Waals surface area contributed by atoms with Crippen molar-refractivity contribution in [2.24, 2.45) is 5.92 Å². The number of nitrogens with zero attached hydrogens (tertiary/aromatic N) is 6. The third-order valence-electron chi connectivity index (χ3n) is 10.6. The molecule has 0 radical (unpaired) electrons. The van der Waals surface area contributed by atoms with Gasteiger partial charge in [0.25, 0.3) is 11.8 Å². The number of benzene rings is 2. The molecule has 1 aromatic heterocycles. The largest absolute Gasteiger partial charge is 0.424 e. The molecule has 1 N–H and O–H groups in total. The van der Waals surface area contributed by atoms with Gasteiger partial charge >= 0.3 is 0 Å². The van der Waals surface area contributed by atoms with Crippen LogP contribution in [-0.2, 0) is 23.1 Å². The normalized spacial score (nSPS) is 26.3. The molecule has 6 atom stereocenters. The molecule has 3 amide bonds. The van der Waals surface area contributed by atoms with Gasteiger partial charge in [0.1, 0.15) is 11.5 Å². The van der Waals surface area contributed by atoms with Gasteiger partial charge in [0.15, 0.2) is 0 Å². The summed E-state index contributed by atoms with van der Waals surface area (Å²) in [5.74, 6) is 0.936. The van der Waals surface area contributed by atoms with E-state index in [1.807, 2.05) is 50.2 Å². The van der Waals surface area contributed by atoms with E-state index in [1.54, 1.807) is 35.8 Å². The molecule has 2 fully saturated rings. The third-order valence-corrected chi connectivity index (χ3v) is 10.6. The van der Waals surface area contributed by atoms with E-state index in [2.05, 4.69) is 16.5 Å². The molecule has 1 saturated carbocycles. The minimum Gasteiger partial charge on any atom is -0.424 e. The van der Waals surface area contributed by atoms with E-state index in [4.69, 9.17) is 9.52 Å². The van der Waals surface area contributed by atoms with Crippen LogP contribution in [0.3, 0.4) is 0 Å². The lowest BCUT2D eigenvalue weighted by molar-refractivity contribution is -0.131. The summed E-state index contributed by atoms with van der Waals surface area (Å²) in [5, 5.41) is 22.4. The Morgan fingerprint density at radius 1 is 1.13 bits per heavy atom. The van der Waals surface area contributed by atoms with Gasteiger partial charge in [0.2, 0.25) is 17.7 Å². The number of likely N-dealkylation sites (tertiary alicyclic amines) is 1. The molecule has 47 heavy (non-hydrogen) atoms. The lowest BCUT2D eigenvalue weighted by Gasteiger charge is -2.36. The van der Waals surface area contributed by atoms with E-state index >= 15 is 0 Å². The molecule has 0 spiro atoms. The zero-order valence-electron chi connectivity index (χ0n) is 27.6. The van der Waals surface area contributed by atoms with E-state index in [-0.39, 0.29) is 48.3 Å². The quantitative estimate of drug-likeness (QED) is 0.436. The minimum absolute atomic E-state index is 0.0562. The van der Waals surface area contributed by atoms with Gasteiger partial charge in [-0.1, -0.05) is 19.1 Å². The number of carbonyl (C=O) groups is 3. The molecule has 11 nitrogen and oxygen atoms in total. The van der Waals surface area contributed by atoms with Gasteiger partial charge < -0.3 is 24.4 Å². The number of aromatic nitrogens is 2. The molecule has 5 aliphatic rings. The number of nitrogens with one attached hydrogen (secondary N) is 1. The van der Waals surface area contributed by atoms with E-state index < -0.39 is 5.41 Å². The summed E-state index contributed by atoms with van der Waals surface area (Å²) in [4.78, 5) is 45.1. The molecule has 3 aliphatic heterocycles. The summed E-state index contributed by atoms with van der Waals surface area (Å²) in [7, 11) is 5.27. The smallest absolute Gasteiger partial charge is 0.253 e. The number of piperidine rings is 1. The lowest BCUT2D eigenvalue weighted by Crippen LogP contribution is -2.46. The highest BCUT2D eigenvalue weighted by molar-refractivity contribution is 5.95. The van der Waals surface area contributed by atoms with E-state index in [0.717, 1.165) is 35.1 Å². The summed E-state index contributed by atoms with van der Waals surface area (Å²) in [6, 6.07) is 13.7. The molecule has 3 aromatic rings. The van der Waals surface area contributed by atoms with Crippen molar-refractivity contribution in [2.75, 3.05) is 34.2 Å². The molecule has 244 valence electrons. The molecule has 3 unspecified atom stereocenters. The summed E-state index contributed by atoms with van der Waals surface area (Å²) in [6.07, 6.45) is 3.51. The number of rotatable bonds is 6. The number of aryl methyl sites for hydroxylation is 2. The Kier molecular flexibility index (Phi) is 7.66. The molecule has 11 heteroatoms. The fourth-order valence-electron chi connectivity index (χ4n) is 8.12. The first-order valence-corrected chi connectivity index (χ1v) is 16.5. The second-order valence-electron chi connectivity index (χ2n) is 14.1. The van der Waals surface area contributed by atoms with Gasteiger partial charge in [-0.15, -0.1) is 10.2 Å². The molecule has 1 saturated heterocycles. The van der Waals surface area contributed by atoms with E-state index in [0.29, 0.717) is 54.6 Å². The molecule has 2 aliphatic carbocycles. The number of carbonyl (C=O) groups excluding carboxylic acids is 3. The number of hydrogen-bond donors (Lipinski definition) is 1. The number of hydrogen-bond acceptors (Lipinski definition) is 8. The van der Waals surface area contributed by atoms with Gasteiger partial charge in [-0.25, -0.2) is 0 Å². The highest BCUT2D eigenvalue weighted by Gasteiger charge is 2.54. The van der Waals surface area contributed by atoms with Crippen molar-refractivity contribution in [1.29, 1.82) is 5.26 Å². The van der Waals surface area contributed by atoms with Crippen LogP contribution in [0.15, 0.2) is 40.8 Å². The number of amides is 3. The van der Waals surface area contributed by atoms with E-state index in [1.165, 1.54) is 0 Å². The Morgan fingerprint density at radius 3 is 2.57 bits per heavy atom. The van der Waals surface area contributed by atoms with E-state index in [9.17, 15) is 19.6 Å². The zero-order valence-corrected chi connectivity index (χ0v) is 27.6. The van der Waals surface area contributed by atoms with Crippen LogP contribution in [0.5, 0.6) is 0 Å². The maximum absolute atomic E-state index is 13.6. The molecule has 8 rings (SSSR count). The second-order valence-corrected chi connectivity index (χ2v) is 14.1. The average molecular weight is 636 g/mol. The first kappa shape index (κ1) is 31.1. The van der Waals surface area contributed by atoms with Crippen LogP contribution in [0, 0.1) is 17.2 Å². The first-order chi connectivity index (χ1) is 22.5. The molecular formula is C36H41N7O4. The fourth-order valence-corrected chi connectivity index (χ4v) is 8.12.